The van der Waals surface area contributed by atoms with Gasteiger partial charge in [0.2, 0.25) is 5.91 Å². The van der Waals surface area contributed by atoms with Crippen LogP contribution in [-0.4, -0.2) is 63.5 Å². The van der Waals surface area contributed by atoms with Crippen LogP contribution in [0.3, 0.4) is 0 Å². The molecule has 136 valence electrons. The average Bonchev–Trinajstić information content (AvgIpc) is 2.97. The molecular formula is C13H18N6O5S. The van der Waals surface area contributed by atoms with Crippen LogP contribution in [0.1, 0.15) is 13.3 Å². The number of carboxylic acid groups (broad SMARTS) is 1. The van der Waals surface area contributed by atoms with Crippen molar-refractivity contribution in [2.75, 3.05) is 12.9 Å². The number of carbonyl (C=O) groups excluding carboxylic acids is 2. The molecule has 3 rings (SSSR count). The first-order valence-corrected chi connectivity index (χ1v) is 8.44. The minimum atomic E-state index is -1.60. The maximum Gasteiger partial charge on any atom is 0.330 e. The highest BCUT2D eigenvalue weighted by Crippen LogP contribution is 2.46. The molecule has 3 heterocycles. The van der Waals surface area contributed by atoms with Crippen LogP contribution in [-0.2, 0) is 19.1 Å². The molecule has 4 N–H and O–H groups in total. The van der Waals surface area contributed by atoms with E-state index in [1.54, 1.807) is 6.92 Å². The standard InChI is InChI=1S/C13H18N6O5S/c1-6-5-25-11-13(24-3,10(23)19(11)8(6)9(21)22)14-7(20)4-12(2)15-17-18-16-12/h8,11H,1,4-5H2,2-3H3,(H,14,20)(H,15,18)(H,16,17)(H,21,22)/t8?,11-,13?/m1/s1. The second-order valence-electron chi connectivity index (χ2n) is 6.15. The fourth-order valence-electron chi connectivity index (χ4n) is 3.04. The minimum absolute atomic E-state index is 0.0889. The van der Waals surface area contributed by atoms with Crippen LogP contribution in [0.2, 0.25) is 0 Å². The summed E-state index contributed by atoms with van der Waals surface area (Å²) in [6.45, 7) is 5.38. The Morgan fingerprint density at radius 2 is 2.32 bits per heavy atom. The van der Waals surface area contributed by atoms with Gasteiger partial charge in [0.1, 0.15) is 5.37 Å². The zero-order valence-corrected chi connectivity index (χ0v) is 14.4. The fraction of sp³-hybridized carbons (Fsp3) is 0.615. The zero-order valence-electron chi connectivity index (χ0n) is 13.6. The number of nitrogens with zero attached hydrogens (tertiary/aromatic N) is 3. The Labute approximate surface area is 147 Å². The van der Waals surface area contributed by atoms with Crippen molar-refractivity contribution in [1.29, 1.82) is 0 Å². The first kappa shape index (κ1) is 17.6. The largest absolute Gasteiger partial charge is 0.479 e. The Morgan fingerprint density at radius 1 is 1.60 bits per heavy atom. The number of nitrogens with one attached hydrogen (secondary N) is 3. The van der Waals surface area contributed by atoms with Crippen LogP contribution < -0.4 is 16.3 Å². The van der Waals surface area contributed by atoms with Gasteiger partial charge < -0.3 is 20.1 Å². The number of hydrazine groups is 1. The molecule has 0 aromatic rings. The molecule has 0 bridgehead atoms. The SMILES string of the molecule is C=C1CS[C@H]2N(C(=O)C2(NC(=O)CC2(C)N=NNN2)OC)C1C(=O)O. The van der Waals surface area contributed by atoms with Crippen molar-refractivity contribution in [3.63, 3.8) is 0 Å². The lowest BCUT2D eigenvalue weighted by Crippen LogP contribution is -2.83. The zero-order chi connectivity index (χ0) is 18.4. The summed E-state index contributed by atoms with van der Waals surface area (Å²) >= 11 is 1.29. The van der Waals surface area contributed by atoms with E-state index in [2.05, 4.69) is 33.2 Å². The molecule has 0 spiro atoms. The van der Waals surface area contributed by atoms with Gasteiger partial charge in [-0.3, -0.25) is 9.59 Å². The van der Waals surface area contributed by atoms with Gasteiger partial charge in [-0.1, -0.05) is 11.8 Å². The highest BCUT2D eigenvalue weighted by Gasteiger charge is 2.67. The monoisotopic (exact) mass is 370 g/mol. The van der Waals surface area contributed by atoms with Crippen molar-refractivity contribution < 1.29 is 24.2 Å². The number of ether oxygens (including phenoxy) is 1. The molecule has 3 aliphatic heterocycles. The normalized spacial score (nSPS) is 36.5. The van der Waals surface area contributed by atoms with Crippen LogP contribution in [0.5, 0.6) is 0 Å². The highest BCUT2D eigenvalue weighted by molar-refractivity contribution is 8.00. The van der Waals surface area contributed by atoms with E-state index in [1.165, 1.54) is 23.8 Å². The van der Waals surface area contributed by atoms with Crippen LogP contribution in [0.4, 0.5) is 0 Å². The second-order valence-corrected chi connectivity index (χ2v) is 7.22. The van der Waals surface area contributed by atoms with Crippen molar-refractivity contribution in [1.82, 2.24) is 21.2 Å². The molecule has 0 radical (unpaired) electrons. The number of thioether (sulfide) groups is 1. The maximum atomic E-state index is 12.7. The van der Waals surface area contributed by atoms with Gasteiger partial charge in [0.25, 0.3) is 11.6 Å². The van der Waals surface area contributed by atoms with Crippen LogP contribution >= 0.6 is 11.8 Å². The predicted molar refractivity (Wildman–Crippen MR) is 85.7 cm³/mol. The molecule has 0 aliphatic carbocycles. The van der Waals surface area contributed by atoms with Gasteiger partial charge in [-0.05, 0) is 12.5 Å². The lowest BCUT2D eigenvalue weighted by Gasteiger charge is -2.58. The first-order valence-electron chi connectivity index (χ1n) is 7.39. The smallest absolute Gasteiger partial charge is 0.330 e. The number of hydrogen-bond acceptors (Lipinski definition) is 9. The number of hydrogen-bond donors (Lipinski definition) is 4. The van der Waals surface area contributed by atoms with E-state index in [0.717, 1.165) is 0 Å². The summed E-state index contributed by atoms with van der Waals surface area (Å²) < 4.78 is 5.33. The second kappa shape index (κ2) is 5.97. The molecular weight excluding hydrogens is 352 g/mol. The molecule has 3 aliphatic rings. The third kappa shape index (κ3) is 2.65. The molecule has 2 amide bonds. The number of carboxylic acids is 1. The summed E-state index contributed by atoms with van der Waals surface area (Å²) in [6.07, 6.45) is -0.0889. The van der Waals surface area contributed by atoms with Crippen molar-refractivity contribution in [2.24, 2.45) is 10.3 Å². The van der Waals surface area contributed by atoms with Gasteiger partial charge in [0.15, 0.2) is 11.7 Å². The quantitative estimate of drug-likeness (QED) is 0.273. The van der Waals surface area contributed by atoms with Crippen LogP contribution in [0, 0.1) is 0 Å². The summed E-state index contributed by atoms with van der Waals surface area (Å²) in [4.78, 5) is 37.7. The Kier molecular flexibility index (Phi) is 4.21. The van der Waals surface area contributed by atoms with Crippen molar-refractivity contribution in [3.8, 4) is 0 Å². The number of aliphatic carboxylic acids is 1. The maximum absolute atomic E-state index is 12.7. The molecule has 3 unspecified atom stereocenters. The van der Waals surface area contributed by atoms with E-state index >= 15 is 0 Å². The topological polar surface area (TPSA) is 145 Å². The van der Waals surface area contributed by atoms with E-state index < -0.39 is 40.6 Å². The van der Waals surface area contributed by atoms with Gasteiger partial charge in [0, 0.05) is 12.9 Å². The molecule has 0 saturated carbocycles. The minimum Gasteiger partial charge on any atom is -0.479 e. The lowest BCUT2D eigenvalue weighted by molar-refractivity contribution is -0.202. The van der Waals surface area contributed by atoms with Crippen LogP contribution in [0.15, 0.2) is 22.5 Å². The number of rotatable bonds is 5. The van der Waals surface area contributed by atoms with Crippen molar-refractivity contribution in [2.45, 2.75) is 36.1 Å². The first-order chi connectivity index (χ1) is 11.7. The average molecular weight is 370 g/mol. The predicted octanol–water partition coefficient (Wildman–Crippen LogP) is -1.05. The Balaban J connectivity index is 1.77. The number of amides is 2. The molecule has 2 saturated heterocycles. The van der Waals surface area contributed by atoms with Gasteiger partial charge >= 0.3 is 5.97 Å². The van der Waals surface area contributed by atoms with E-state index in [4.69, 9.17) is 4.74 Å². The van der Waals surface area contributed by atoms with Gasteiger partial charge in [-0.2, -0.15) is 5.43 Å². The molecule has 25 heavy (non-hydrogen) atoms. The fourth-order valence-corrected chi connectivity index (χ4v) is 4.44. The molecule has 11 nitrogen and oxygen atoms in total. The Morgan fingerprint density at radius 3 is 2.88 bits per heavy atom. The summed E-state index contributed by atoms with van der Waals surface area (Å²) in [5, 5.41) is 18.7. The Hall–Kier alpha value is -2.18. The highest BCUT2D eigenvalue weighted by atomic mass is 32.2. The number of carbonyl (C=O) groups is 3. The molecule has 2 fully saturated rings. The summed E-state index contributed by atoms with van der Waals surface area (Å²) in [7, 11) is 1.30. The van der Waals surface area contributed by atoms with Gasteiger partial charge in [-0.25, -0.2) is 10.3 Å². The molecule has 0 aromatic heterocycles. The van der Waals surface area contributed by atoms with Gasteiger partial charge in [0.05, 0.1) is 6.42 Å². The molecule has 4 atom stereocenters. The third-order valence-corrected chi connectivity index (χ3v) is 5.69. The van der Waals surface area contributed by atoms with Crippen LogP contribution in [0.25, 0.3) is 0 Å². The van der Waals surface area contributed by atoms with Crippen molar-refractivity contribution in [3.05, 3.63) is 12.2 Å². The van der Waals surface area contributed by atoms with E-state index in [9.17, 15) is 19.5 Å². The molecule has 12 heteroatoms. The lowest BCUT2D eigenvalue weighted by atomic mass is 9.94. The number of methoxy groups -OCH3 is 1. The Bertz CT molecular complexity index is 686. The third-order valence-electron chi connectivity index (χ3n) is 4.28. The number of fused-ring (bicyclic) bond motifs is 1. The summed E-state index contributed by atoms with van der Waals surface area (Å²) in [5.41, 5.74) is 3.05. The van der Waals surface area contributed by atoms with E-state index in [-0.39, 0.29) is 6.42 Å². The number of β-lactam (4-membered cyclic amide) rings is 1. The van der Waals surface area contributed by atoms with E-state index in [1.807, 2.05) is 0 Å². The van der Waals surface area contributed by atoms with Gasteiger partial charge in [-0.15, -0.1) is 16.9 Å². The summed E-state index contributed by atoms with van der Waals surface area (Å²) in [5.74, 6) is -1.90. The summed E-state index contributed by atoms with van der Waals surface area (Å²) in [6, 6.07) is -1.12. The van der Waals surface area contributed by atoms with E-state index in [0.29, 0.717) is 11.3 Å². The van der Waals surface area contributed by atoms with Crippen molar-refractivity contribution >= 4 is 29.5 Å². The molecule has 0 aromatic carbocycles.